The van der Waals surface area contributed by atoms with E-state index in [4.69, 9.17) is 5.73 Å². The van der Waals surface area contributed by atoms with Crippen LogP contribution in [0.4, 0.5) is 5.82 Å². The number of sulfone groups is 1. The average Bonchev–Trinajstić information content (AvgIpc) is 2.32. The second-order valence-corrected chi connectivity index (χ2v) is 6.53. The zero-order valence-electron chi connectivity index (χ0n) is 9.67. The Morgan fingerprint density at radius 3 is 2.61 bits per heavy atom. The minimum Gasteiger partial charge on any atom is -0.382 e. The summed E-state index contributed by atoms with van der Waals surface area (Å²) in [7, 11) is -2.92. The van der Waals surface area contributed by atoms with Crippen molar-refractivity contribution < 1.29 is 13.2 Å². The van der Waals surface area contributed by atoms with Crippen LogP contribution in [-0.2, 0) is 9.84 Å². The number of hydrogen-bond acceptors (Lipinski definition) is 6. The summed E-state index contributed by atoms with van der Waals surface area (Å²) in [6.07, 6.45) is 3.54. The lowest BCUT2D eigenvalue weighted by Crippen LogP contribution is -2.41. The zero-order chi connectivity index (χ0) is 13.2. The summed E-state index contributed by atoms with van der Waals surface area (Å²) in [6.45, 7) is 0. The van der Waals surface area contributed by atoms with Gasteiger partial charge in [0.1, 0.15) is 21.3 Å². The zero-order valence-corrected chi connectivity index (χ0v) is 10.5. The normalized spacial score (nSPS) is 19.3. The van der Waals surface area contributed by atoms with Gasteiger partial charge in [0.05, 0.1) is 23.9 Å². The second-order valence-electron chi connectivity index (χ2n) is 4.23. The molecule has 0 saturated carbocycles. The SMILES string of the molecule is Nc1cncc(C(=O)NC2CCS(=O)(=O)CC2)n1. The monoisotopic (exact) mass is 270 g/mol. The van der Waals surface area contributed by atoms with Gasteiger partial charge in [-0.3, -0.25) is 9.78 Å². The summed E-state index contributed by atoms with van der Waals surface area (Å²) in [5, 5.41) is 2.74. The van der Waals surface area contributed by atoms with Gasteiger partial charge in [-0.2, -0.15) is 0 Å². The van der Waals surface area contributed by atoms with Crippen LogP contribution in [-0.4, -0.2) is 41.8 Å². The molecule has 3 N–H and O–H groups in total. The lowest BCUT2D eigenvalue weighted by molar-refractivity contribution is 0.0929. The summed E-state index contributed by atoms with van der Waals surface area (Å²) in [5.41, 5.74) is 5.57. The minimum absolute atomic E-state index is 0.112. The Labute approximate surface area is 105 Å². The van der Waals surface area contributed by atoms with Gasteiger partial charge in [-0.15, -0.1) is 0 Å². The highest BCUT2D eigenvalue weighted by atomic mass is 32.2. The predicted octanol–water partition coefficient (Wildman–Crippen LogP) is -0.634. The maximum Gasteiger partial charge on any atom is 0.271 e. The maximum atomic E-state index is 11.8. The number of nitrogens with two attached hydrogens (primary N) is 1. The molecule has 1 aromatic heterocycles. The fourth-order valence-corrected chi connectivity index (χ4v) is 3.28. The summed E-state index contributed by atoms with van der Waals surface area (Å²) < 4.78 is 22.5. The number of rotatable bonds is 2. The first kappa shape index (κ1) is 12.7. The number of hydrogen-bond donors (Lipinski definition) is 2. The van der Waals surface area contributed by atoms with Crippen LogP contribution < -0.4 is 11.1 Å². The van der Waals surface area contributed by atoms with Crippen LogP contribution in [0, 0.1) is 0 Å². The Morgan fingerprint density at radius 1 is 1.33 bits per heavy atom. The smallest absolute Gasteiger partial charge is 0.271 e. The summed E-state index contributed by atoms with van der Waals surface area (Å²) in [6, 6.07) is -0.135. The number of amides is 1. The molecule has 0 bridgehead atoms. The molecule has 1 amide bonds. The fraction of sp³-hybridized carbons (Fsp3) is 0.500. The van der Waals surface area contributed by atoms with Gasteiger partial charge < -0.3 is 11.1 Å². The molecule has 18 heavy (non-hydrogen) atoms. The molecule has 0 aromatic carbocycles. The van der Waals surface area contributed by atoms with Crippen molar-refractivity contribution >= 4 is 21.6 Å². The molecule has 1 fully saturated rings. The molecular formula is C10H14N4O3S. The molecule has 0 atom stereocenters. The van der Waals surface area contributed by atoms with Gasteiger partial charge in [-0.05, 0) is 12.8 Å². The van der Waals surface area contributed by atoms with Crippen LogP contribution in [0.25, 0.3) is 0 Å². The average molecular weight is 270 g/mol. The van der Waals surface area contributed by atoms with Crippen molar-refractivity contribution in [1.82, 2.24) is 15.3 Å². The molecule has 7 nitrogen and oxygen atoms in total. The van der Waals surface area contributed by atoms with Crippen molar-refractivity contribution in [3.63, 3.8) is 0 Å². The highest BCUT2D eigenvalue weighted by molar-refractivity contribution is 7.91. The summed E-state index contributed by atoms with van der Waals surface area (Å²) in [5.74, 6) is 0.0224. The molecule has 0 radical (unpaired) electrons. The first-order valence-electron chi connectivity index (χ1n) is 5.55. The van der Waals surface area contributed by atoms with Crippen molar-refractivity contribution in [2.24, 2.45) is 0 Å². The maximum absolute atomic E-state index is 11.8. The third-order valence-corrected chi connectivity index (χ3v) is 4.49. The van der Waals surface area contributed by atoms with Gasteiger partial charge in [0, 0.05) is 6.04 Å². The lowest BCUT2D eigenvalue weighted by atomic mass is 10.1. The molecule has 2 rings (SSSR count). The molecule has 1 aliphatic heterocycles. The minimum atomic E-state index is -2.92. The van der Waals surface area contributed by atoms with Gasteiger partial charge in [0.2, 0.25) is 0 Å². The molecule has 98 valence electrons. The van der Waals surface area contributed by atoms with E-state index in [0.29, 0.717) is 12.8 Å². The van der Waals surface area contributed by atoms with E-state index in [1.807, 2.05) is 0 Å². The molecule has 0 spiro atoms. The van der Waals surface area contributed by atoms with Crippen LogP contribution in [0.2, 0.25) is 0 Å². The Kier molecular flexibility index (Phi) is 3.46. The van der Waals surface area contributed by atoms with E-state index in [2.05, 4.69) is 15.3 Å². The van der Waals surface area contributed by atoms with Crippen molar-refractivity contribution in [3.05, 3.63) is 18.1 Å². The van der Waals surface area contributed by atoms with E-state index in [9.17, 15) is 13.2 Å². The number of nitrogen functional groups attached to an aromatic ring is 1. The van der Waals surface area contributed by atoms with Crippen LogP contribution in [0.15, 0.2) is 12.4 Å². The Bertz CT molecular complexity index is 544. The van der Waals surface area contributed by atoms with Crippen molar-refractivity contribution in [2.45, 2.75) is 18.9 Å². The summed E-state index contributed by atoms with van der Waals surface area (Å²) >= 11 is 0. The van der Waals surface area contributed by atoms with Gasteiger partial charge in [0.15, 0.2) is 0 Å². The quantitative estimate of drug-likeness (QED) is 0.739. The van der Waals surface area contributed by atoms with Crippen LogP contribution in [0.5, 0.6) is 0 Å². The van der Waals surface area contributed by atoms with Crippen molar-refractivity contribution in [2.75, 3.05) is 17.2 Å². The summed E-state index contributed by atoms with van der Waals surface area (Å²) in [4.78, 5) is 19.4. The molecule has 0 unspecified atom stereocenters. The van der Waals surface area contributed by atoms with Crippen molar-refractivity contribution in [3.8, 4) is 0 Å². The molecule has 2 heterocycles. The highest BCUT2D eigenvalue weighted by Gasteiger charge is 2.25. The first-order valence-corrected chi connectivity index (χ1v) is 7.37. The topological polar surface area (TPSA) is 115 Å². The molecule has 1 saturated heterocycles. The van der Waals surface area contributed by atoms with E-state index in [1.54, 1.807) is 0 Å². The molecule has 8 heteroatoms. The van der Waals surface area contributed by atoms with Gasteiger partial charge in [0.25, 0.3) is 5.91 Å². The number of carbonyl (C=O) groups excluding carboxylic acids is 1. The predicted molar refractivity (Wildman–Crippen MR) is 65.6 cm³/mol. The third kappa shape index (κ3) is 3.16. The van der Waals surface area contributed by atoms with E-state index < -0.39 is 9.84 Å². The van der Waals surface area contributed by atoms with Crippen molar-refractivity contribution in [1.29, 1.82) is 0 Å². The molecule has 0 aliphatic carbocycles. The van der Waals surface area contributed by atoms with E-state index in [-0.39, 0.29) is 35.0 Å². The second kappa shape index (κ2) is 4.89. The van der Waals surface area contributed by atoms with Gasteiger partial charge in [-0.1, -0.05) is 0 Å². The number of nitrogens with one attached hydrogen (secondary N) is 1. The van der Waals surface area contributed by atoms with E-state index in [1.165, 1.54) is 12.4 Å². The Morgan fingerprint density at radius 2 is 2.00 bits per heavy atom. The largest absolute Gasteiger partial charge is 0.382 e. The van der Waals surface area contributed by atoms with Crippen LogP contribution >= 0.6 is 0 Å². The Hall–Kier alpha value is -1.70. The fourth-order valence-electron chi connectivity index (χ4n) is 1.78. The number of nitrogens with zero attached hydrogens (tertiary/aromatic N) is 2. The lowest BCUT2D eigenvalue weighted by Gasteiger charge is -2.22. The van der Waals surface area contributed by atoms with E-state index >= 15 is 0 Å². The van der Waals surface area contributed by atoms with Gasteiger partial charge in [-0.25, -0.2) is 13.4 Å². The molecule has 1 aliphatic rings. The highest BCUT2D eigenvalue weighted by Crippen LogP contribution is 2.12. The first-order chi connectivity index (χ1) is 8.46. The number of aromatic nitrogens is 2. The van der Waals surface area contributed by atoms with Gasteiger partial charge >= 0.3 is 0 Å². The standard InChI is InChI=1S/C10H14N4O3S/c11-9-6-12-5-8(14-9)10(15)13-7-1-3-18(16,17)4-2-7/h5-7H,1-4H2,(H2,11,14)(H,13,15). The number of carbonyl (C=O) groups is 1. The van der Waals surface area contributed by atoms with Crippen LogP contribution in [0.3, 0.4) is 0 Å². The van der Waals surface area contributed by atoms with E-state index in [0.717, 1.165) is 0 Å². The Balaban J connectivity index is 1.97. The number of anilines is 1. The third-order valence-electron chi connectivity index (χ3n) is 2.78. The molecular weight excluding hydrogens is 256 g/mol. The molecule has 1 aromatic rings. The van der Waals surface area contributed by atoms with Crippen LogP contribution in [0.1, 0.15) is 23.3 Å².